The Kier molecular flexibility index (Phi) is 4.42. The molecule has 1 fully saturated rings. The highest BCUT2D eigenvalue weighted by Gasteiger charge is 2.27. The molecule has 0 N–H and O–H groups in total. The SMILES string of the molecule is Cn1c(N2CCOC(c3ccc(F)cc3)C2)c(C#N)c(=O)n(C)c1=O. The van der Waals surface area contributed by atoms with Gasteiger partial charge in [0.25, 0.3) is 5.56 Å². The van der Waals surface area contributed by atoms with Crippen LogP contribution in [0.25, 0.3) is 0 Å². The van der Waals surface area contributed by atoms with Crippen LogP contribution in [0.5, 0.6) is 0 Å². The molecule has 2 heterocycles. The normalized spacial score (nSPS) is 17.4. The van der Waals surface area contributed by atoms with Crippen LogP contribution < -0.4 is 16.1 Å². The molecule has 1 aromatic heterocycles. The van der Waals surface area contributed by atoms with Gasteiger partial charge in [-0.1, -0.05) is 12.1 Å². The third-order valence-electron chi connectivity index (χ3n) is 4.35. The van der Waals surface area contributed by atoms with Gasteiger partial charge in [0.2, 0.25) is 0 Å². The summed E-state index contributed by atoms with van der Waals surface area (Å²) in [4.78, 5) is 26.3. The standard InChI is InChI=1S/C17H17FN4O3/c1-20-15(13(9-19)16(23)21(2)17(20)24)22-7-8-25-14(10-22)11-3-5-12(18)6-4-11/h3-6,14H,7-8,10H2,1-2H3. The van der Waals surface area contributed by atoms with Crippen LogP contribution in [0, 0.1) is 17.1 Å². The van der Waals surface area contributed by atoms with Crippen molar-refractivity contribution in [3.05, 3.63) is 62.0 Å². The first-order valence-electron chi connectivity index (χ1n) is 7.76. The Hall–Kier alpha value is -2.92. The second kappa shape index (κ2) is 6.53. The van der Waals surface area contributed by atoms with Crippen molar-refractivity contribution in [1.82, 2.24) is 9.13 Å². The second-order valence-electron chi connectivity index (χ2n) is 5.87. The topological polar surface area (TPSA) is 80.3 Å². The molecule has 0 amide bonds. The Morgan fingerprint density at radius 3 is 2.52 bits per heavy atom. The molecule has 1 aliphatic rings. The van der Waals surface area contributed by atoms with Crippen molar-refractivity contribution in [1.29, 1.82) is 5.26 Å². The van der Waals surface area contributed by atoms with Gasteiger partial charge in [0, 0.05) is 27.2 Å². The van der Waals surface area contributed by atoms with E-state index < -0.39 is 11.2 Å². The minimum atomic E-state index is -0.620. The average Bonchev–Trinajstić information content (AvgIpc) is 2.63. The van der Waals surface area contributed by atoms with Gasteiger partial charge in [0.15, 0.2) is 5.56 Å². The van der Waals surface area contributed by atoms with Gasteiger partial charge in [0.1, 0.15) is 23.8 Å². The molecule has 0 saturated carbocycles. The van der Waals surface area contributed by atoms with Gasteiger partial charge in [-0.05, 0) is 17.7 Å². The largest absolute Gasteiger partial charge is 0.370 e. The van der Waals surface area contributed by atoms with Crippen LogP contribution in [-0.4, -0.2) is 28.8 Å². The number of hydrogen-bond donors (Lipinski definition) is 0. The number of aromatic nitrogens is 2. The molecular weight excluding hydrogens is 327 g/mol. The molecule has 7 nitrogen and oxygen atoms in total. The maximum Gasteiger partial charge on any atom is 0.332 e. The third-order valence-corrected chi connectivity index (χ3v) is 4.35. The minimum Gasteiger partial charge on any atom is -0.370 e. The van der Waals surface area contributed by atoms with Crippen LogP contribution in [0.1, 0.15) is 17.2 Å². The molecule has 3 rings (SSSR count). The van der Waals surface area contributed by atoms with Gasteiger partial charge in [-0.15, -0.1) is 0 Å². The molecule has 0 bridgehead atoms. The summed E-state index contributed by atoms with van der Waals surface area (Å²) in [5.74, 6) is -0.0526. The number of anilines is 1. The molecule has 0 aliphatic carbocycles. The van der Waals surface area contributed by atoms with E-state index in [4.69, 9.17) is 4.74 Å². The van der Waals surface area contributed by atoms with Gasteiger partial charge in [-0.3, -0.25) is 13.9 Å². The van der Waals surface area contributed by atoms with Gasteiger partial charge in [-0.2, -0.15) is 5.26 Å². The minimum absolute atomic E-state index is 0.0793. The van der Waals surface area contributed by atoms with Gasteiger partial charge in [0.05, 0.1) is 6.61 Å². The van der Waals surface area contributed by atoms with E-state index in [1.54, 1.807) is 17.0 Å². The van der Waals surface area contributed by atoms with E-state index >= 15 is 0 Å². The van der Waals surface area contributed by atoms with Gasteiger partial charge in [-0.25, -0.2) is 9.18 Å². The van der Waals surface area contributed by atoms with E-state index in [1.807, 2.05) is 6.07 Å². The maximum absolute atomic E-state index is 13.1. The van der Waals surface area contributed by atoms with Gasteiger partial charge < -0.3 is 9.64 Å². The zero-order valence-corrected chi connectivity index (χ0v) is 13.9. The predicted molar refractivity (Wildman–Crippen MR) is 88.9 cm³/mol. The number of rotatable bonds is 2. The van der Waals surface area contributed by atoms with Crippen molar-refractivity contribution < 1.29 is 9.13 Å². The van der Waals surface area contributed by atoms with E-state index in [1.165, 1.54) is 30.8 Å². The summed E-state index contributed by atoms with van der Waals surface area (Å²) in [6.45, 7) is 1.14. The fourth-order valence-corrected chi connectivity index (χ4v) is 3.02. The Morgan fingerprint density at radius 2 is 1.88 bits per heavy atom. The monoisotopic (exact) mass is 344 g/mol. The predicted octanol–water partition coefficient (Wildman–Crippen LogP) is 0.673. The summed E-state index contributed by atoms with van der Waals surface area (Å²) in [5, 5.41) is 9.40. The van der Waals surface area contributed by atoms with Crippen molar-refractivity contribution in [2.24, 2.45) is 14.1 Å². The molecule has 1 atom stereocenters. The Labute approximate surface area is 143 Å². The molecule has 8 heteroatoms. The molecule has 0 spiro atoms. The Bertz CT molecular complexity index is 956. The molecular formula is C17H17FN4O3. The highest BCUT2D eigenvalue weighted by molar-refractivity contribution is 5.54. The number of nitriles is 1. The highest BCUT2D eigenvalue weighted by atomic mass is 19.1. The van der Waals surface area contributed by atoms with Crippen LogP contribution in [0.4, 0.5) is 10.2 Å². The summed E-state index contributed by atoms with van der Waals surface area (Å²) in [5.41, 5.74) is -0.406. The van der Waals surface area contributed by atoms with E-state index in [0.29, 0.717) is 19.7 Å². The number of ether oxygens (including phenoxy) is 1. The van der Waals surface area contributed by atoms with E-state index in [9.17, 15) is 19.2 Å². The Balaban J connectivity index is 2.03. The molecule has 2 aromatic rings. The van der Waals surface area contributed by atoms with E-state index in [0.717, 1.165) is 10.1 Å². The lowest BCUT2D eigenvalue weighted by Gasteiger charge is -2.35. The smallest absolute Gasteiger partial charge is 0.332 e. The number of halogens is 1. The van der Waals surface area contributed by atoms with Crippen LogP contribution in [-0.2, 0) is 18.8 Å². The second-order valence-corrected chi connectivity index (χ2v) is 5.87. The average molecular weight is 344 g/mol. The van der Waals surface area contributed by atoms with Crippen molar-refractivity contribution in [2.75, 3.05) is 24.6 Å². The lowest BCUT2D eigenvalue weighted by Crippen LogP contribution is -2.46. The first-order chi connectivity index (χ1) is 11.9. The maximum atomic E-state index is 13.1. The summed E-state index contributed by atoms with van der Waals surface area (Å²) in [7, 11) is 2.87. The lowest BCUT2D eigenvalue weighted by molar-refractivity contribution is 0.0392. The summed E-state index contributed by atoms with van der Waals surface area (Å²) in [6, 6.07) is 7.89. The highest BCUT2D eigenvalue weighted by Crippen LogP contribution is 2.26. The zero-order valence-electron chi connectivity index (χ0n) is 13.9. The van der Waals surface area contributed by atoms with Gasteiger partial charge >= 0.3 is 5.69 Å². The van der Waals surface area contributed by atoms with Crippen molar-refractivity contribution in [3.8, 4) is 6.07 Å². The number of hydrogen-bond acceptors (Lipinski definition) is 5. The molecule has 130 valence electrons. The summed E-state index contributed by atoms with van der Waals surface area (Å²) < 4.78 is 21.1. The molecule has 0 radical (unpaired) electrons. The van der Waals surface area contributed by atoms with Crippen LogP contribution in [0.2, 0.25) is 0 Å². The molecule has 1 aliphatic heterocycles. The van der Waals surface area contributed by atoms with Crippen LogP contribution >= 0.6 is 0 Å². The number of benzene rings is 1. The van der Waals surface area contributed by atoms with Crippen LogP contribution in [0.15, 0.2) is 33.9 Å². The summed E-state index contributed by atoms with van der Waals surface area (Å²) in [6.07, 6.45) is -0.347. The molecule has 1 saturated heterocycles. The van der Waals surface area contributed by atoms with Crippen LogP contribution in [0.3, 0.4) is 0 Å². The fourth-order valence-electron chi connectivity index (χ4n) is 3.02. The van der Waals surface area contributed by atoms with E-state index in [-0.39, 0.29) is 23.3 Å². The quantitative estimate of drug-likeness (QED) is 0.800. The molecule has 1 unspecified atom stereocenters. The molecule has 1 aromatic carbocycles. The third kappa shape index (κ3) is 2.94. The summed E-state index contributed by atoms with van der Waals surface area (Å²) >= 11 is 0. The zero-order chi connectivity index (χ0) is 18.1. The number of nitrogens with zero attached hydrogens (tertiary/aromatic N) is 4. The van der Waals surface area contributed by atoms with E-state index in [2.05, 4.69) is 0 Å². The lowest BCUT2D eigenvalue weighted by atomic mass is 10.1. The van der Waals surface area contributed by atoms with Crippen molar-refractivity contribution >= 4 is 5.82 Å². The molecule has 25 heavy (non-hydrogen) atoms. The fraction of sp³-hybridized carbons (Fsp3) is 0.353. The Morgan fingerprint density at radius 1 is 1.20 bits per heavy atom. The van der Waals surface area contributed by atoms with Crippen molar-refractivity contribution in [3.63, 3.8) is 0 Å². The first kappa shape index (κ1) is 16.9. The number of morpholine rings is 1. The van der Waals surface area contributed by atoms with Crippen molar-refractivity contribution in [2.45, 2.75) is 6.10 Å². The first-order valence-corrected chi connectivity index (χ1v) is 7.76.